The van der Waals surface area contributed by atoms with Crippen LogP contribution in [0.5, 0.6) is 0 Å². The molecule has 0 fully saturated rings. The summed E-state index contributed by atoms with van der Waals surface area (Å²) in [5.41, 5.74) is 2.18. The Balaban J connectivity index is 2.74. The van der Waals surface area contributed by atoms with E-state index < -0.39 is 0 Å². The molecule has 0 aromatic carbocycles. The Kier molecular flexibility index (Phi) is 7.60. The molecule has 0 spiro atoms. The zero-order valence-corrected chi connectivity index (χ0v) is 14.4. The van der Waals surface area contributed by atoms with Crippen molar-refractivity contribution in [1.82, 2.24) is 15.1 Å². The molecule has 0 amide bonds. The molecule has 0 saturated heterocycles. The van der Waals surface area contributed by atoms with Crippen molar-refractivity contribution in [2.75, 3.05) is 6.54 Å². The van der Waals surface area contributed by atoms with Gasteiger partial charge in [-0.05, 0) is 38.1 Å². The first-order valence-corrected chi connectivity index (χ1v) is 8.30. The van der Waals surface area contributed by atoms with Crippen LogP contribution in [0.1, 0.15) is 58.3 Å². The number of hydrogen-bond acceptors (Lipinski definition) is 2. The molecule has 0 saturated carbocycles. The van der Waals surface area contributed by atoms with Gasteiger partial charge in [0.2, 0.25) is 0 Å². The number of hydrogen-bond donors (Lipinski definition) is 1. The second-order valence-corrected chi connectivity index (χ2v) is 6.39. The van der Waals surface area contributed by atoms with Crippen molar-refractivity contribution >= 4 is 11.6 Å². The van der Waals surface area contributed by atoms with Gasteiger partial charge in [0.15, 0.2) is 0 Å². The summed E-state index contributed by atoms with van der Waals surface area (Å²) in [6, 6.07) is 0.495. The van der Waals surface area contributed by atoms with Crippen LogP contribution in [0.2, 0.25) is 5.02 Å². The Labute approximate surface area is 129 Å². The van der Waals surface area contributed by atoms with Crippen molar-refractivity contribution < 1.29 is 0 Å². The van der Waals surface area contributed by atoms with Gasteiger partial charge in [-0.3, -0.25) is 4.68 Å². The lowest BCUT2D eigenvalue weighted by atomic mass is 9.99. The molecule has 4 heteroatoms. The minimum absolute atomic E-state index is 0.495. The van der Waals surface area contributed by atoms with E-state index in [1.165, 1.54) is 18.5 Å². The maximum Gasteiger partial charge on any atom is 0.0850 e. The molecule has 20 heavy (non-hydrogen) atoms. The molecular weight excluding hydrogens is 270 g/mol. The van der Waals surface area contributed by atoms with E-state index in [9.17, 15) is 0 Å². The molecule has 116 valence electrons. The van der Waals surface area contributed by atoms with Crippen molar-refractivity contribution in [3.8, 4) is 0 Å². The van der Waals surface area contributed by atoms with Crippen LogP contribution in [-0.2, 0) is 19.9 Å². The number of aromatic nitrogens is 2. The second-order valence-electron chi connectivity index (χ2n) is 6.01. The topological polar surface area (TPSA) is 29.9 Å². The third-order valence-corrected chi connectivity index (χ3v) is 4.15. The van der Waals surface area contributed by atoms with E-state index in [2.05, 4.69) is 38.1 Å². The molecule has 1 N–H and O–H groups in total. The molecule has 1 aromatic heterocycles. The van der Waals surface area contributed by atoms with Crippen LogP contribution in [0.4, 0.5) is 0 Å². The molecule has 0 aliphatic heterocycles. The Morgan fingerprint density at radius 1 is 1.25 bits per heavy atom. The van der Waals surface area contributed by atoms with Crippen LogP contribution >= 0.6 is 11.6 Å². The van der Waals surface area contributed by atoms with E-state index in [4.69, 9.17) is 11.6 Å². The molecule has 0 aliphatic carbocycles. The van der Waals surface area contributed by atoms with Crippen molar-refractivity contribution in [1.29, 1.82) is 0 Å². The van der Waals surface area contributed by atoms with E-state index in [1.54, 1.807) is 0 Å². The van der Waals surface area contributed by atoms with Crippen LogP contribution in [0, 0.1) is 5.92 Å². The number of nitrogens with zero attached hydrogens (tertiary/aromatic N) is 2. The first-order valence-electron chi connectivity index (χ1n) is 7.93. The zero-order chi connectivity index (χ0) is 15.1. The summed E-state index contributed by atoms with van der Waals surface area (Å²) in [5, 5.41) is 9.03. The highest BCUT2D eigenvalue weighted by Crippen LogP contribution is 2.23. The summed E-state index contributed by atoms with van der Waals surface area (Å²) >= 11 is 6.46. The monoisotopic (exact) mass is 299 g/mol. The van der Waals surface area contributed by atoms with Crippen LogP contribution in [0.15, 0.2) is 0 Å². The van der Waals surface area contributed by atoms with Crippen molar-refractivity contribution in [2.45, 2.75) is 65.8 Å². The van der Waals surface area contributed by atoms with Gasteiger partial charge in [0.05, 0.1) is 16.4 Å². The van der Waals surface area contributed by atoms with Crippen molar-refractivity contribution in [2.24, 2.45) is 13.0 Å². The van der Waals surface area contributed by atoms with Gasteiger partial charge in [0.25, 0.3) is 0 Å². The molecule has 1 unspecified atom stereocenters. The van der Waals surface area contributed by atoms with Crippen LogP contribution in [-0.4, -0.2) is 22.4 Å². The molecule has 0 radical (unpaired) electrons. The third kappa shape index (κ3) is 5.10. The van der Waals surface area contributed by atoms with Crippen LogP contribution in [0.25, 0.3) is 0 Å². The molecule has 0 aliphatic rings. The second kappa shape index (κ2) is 8.68. The summed E-state index contributed by atoms with van der Waals surface area (Å²) in [6.45, 7) is 9.94. The van der Waals surface area contributed by atoms with E-state index in [1.807, 2.05) is 11.7 Å². The van der Waals surface area contributed by atoms with Crippen LogP contribution < -0.4 is 5.32 Å². The van der Waals surface area contributed by atoms with Crippen molar-refractivity contribution in [3.05, 3.63) is 16.4 Å². The number of halogens is 1. The summed E-state index contributed by atoms with van der Waals surface area (Å²) in [6.07, 6.45) is 5.47. The Bertz CT molecular complexity index is 399. The Hall–Kier alpha value is -0.540. The molecule has 0 bridgehead atoms. The average Bonchev–Trinajstić information content (AvgIpc) is 2.68. The Morgan fingerprint density at radius 3 is 2.45 bits per heavy atom. The quantitative estimate of drug-likeness (QED) is 0.747. The highest BCUT2D eigenvalue weighted by molar-refractivity contribution is 6.31. The zero-order valence-electron chi connectivity index (χ0n) is 13.7. The molecule has 3 nitrogen and oxygen atoms in total. The van der Waals surface area contributed by atoms with Gasteiger partial charge in [-0.15, -0.1) is 0 Å². The lowest BCUT2D eigenvalue weighted by Crippen LogP contribution is -2.32. The van der Waals surface area contributed by atoms with Gasteiger partial charge >= 0.3 is 0 Å². The molecule has 1 rings (SSSR count). The highest BCUT2D eigenvalue weighted by Gasteiger charge is 2.17. The highest BCUT2D eigenvalue weighted by atomic mass is 35.5. The van der Waals surface area contributed by atoms with Gasteiger partial charge in [0.1, 0.15) is 0 Å². The predicted octanol–water partition coefficient (Wildman–Crippen LogP) is 3.98. The largest absolute Gasteiger partial charge is 0.314 e. The smallest absolute Gasteiger partial charge is 0.0850 e. The predicted molar refractivity (Wildman–Crippen MR) is 87.5 cm³/mol. The van der Waals surface area contributed by atoms with E-state index in [-0.39, 0.29) is 0 Å². The average molecular weight is 300 g/mol. The van der Waals surface area contributed by atoms with E-state index in [0.29, 0.717) is 6.04 Å². The van der Waals surface area contributed by atoms with Gasteiger partial charge in [-0.1, -0.05) is 39.3 Å². The third-order valence-electron chi connectivity index (χ3n) is 3.72. The molecule has 1 aromatic rings. The first kappa shape index (κ1) is 17.5. The Morgan fingerprint density at radius 2 is 1.95 bits per heavy atom. The summed E-state index contributed by atoms with van der Waals surface area (Å²) in [4.78, 5) is 0. The van der Waals surface area contributed by atoms with Crippen molar-refractivity contribution in [3.63, 3.8) is 0 Å². The fourth-order valence-electron chi connectivity index (χ4n) is 2.43. The molecule has 1 heterocycles. The number of aryl methyl sites for hydroxylation is 2. The SMILES string of the molecule is CCCNC(CCC(C)C)Cc1c(Cl)c(CC)nn1C. The summed E-state index contributed by atoms with van der Waals surface area (Å²) < 4.78 is 1.96. The standard InChI is InChI=1S/C16H30ClN3/c1-6-10-18-13(9-8-12(3)4)11-15-16(17)14(7-2)19-20(15)5/h12-13,18H,6-11H2,1-5H3. The normalized spacial score (nSPS) is 13.2. The molecule has 1 atom stereocenters. The summed E-state index contributed by atoms with van der Waals surface area (Å²) in [5.74, 6) is 0.745. The number of rotatable bonds is 9. The van der Waals surface area contributed by atoms with Gasteiger partial charge < -0.3 is 5.32 Å². The van der Waals surface area contributed by atoms with E-state index in [0.717, 1.165) is 42.4 Å². The van der Waals surface area contributed by atoms with Gasteiger partial charge in [-0.25, -0.2) is 0 Å². The summed E-state index contributed by atoms with van der Waals surface area (Å²) in [7, 11) is 2.00. The fourth-order valence-corrected chi connectivity index (χ4v) is 2.81. The number of nitrogens with one attached hydrogen (secondary N) is 1. The van der Waals surface area contributed by atoms with Gasteiger partial charge in [-0.2, -0.15) is 5.10 Å². The lowest BCUT2D eigenvalue weighted by molar-refractivity contribution is 0.420. The fraction of sp³-hybridized carbons (Fsp3) is 0.812. The lowest BCUT2D eigenvalue weighted by Gasteiger charge is -2.20. The van der Waals surface area contributed by atoms with E-state index >= 15 is 0 Å². The molecular formula is C16H30ClN3. The maximum atomic E-state index is 6.46. The minimum atomic E-state index is 0.495. The maximum absolute atomic E-state index is 6.46. The van der Waals surface area contributed by atoms with Gasteiger partial charge in [0, 0.05) is 19.5 Å². The minimum Gasteiger partial charge on any atom is -0.314 e. The first-order chi connectivity index (χ1) is 9.49. The van der Waals surface area contributed by atoms with Crippen LogP contribution in [0.3, 0.4) is 0 Å².